The molecule has 3 nitrogen and oxygen atoms in total. The number of benzene rings is 1. The van der Waals surface area contributed by atoms with Gasteiger partial charge in [0.15, 0.2) is 0 Å². The summed E-state index contributed by atoms with van der Waals surface area (Å²) in [6.45, 7) is 7.35. The van der Waals surface area contributed by atoms with Crippen molar-refractivity contribution in [3.05, 3.63) is 49.8 Å². The molecule has 0 amide bonds. The van der Waals surface area contributed by atoms with Gasteiger partial charge in [-0.05, 0) is 70.5 Å². The molecule has 0 radical (unpaired) electrons. The van der Waals surface area contributed by atoms with Gasteiger partial charge < -0.3 is 5.32 Å². The van der Waals surface area contributed by atoms with Crippen molar-refractivity contribution in [2.75, 3.05) is 6.54 Å². The molecule has 5 heteroatoms. The molecule has 0 bridgehead atoms. The lowest BCUT2D eigenvalue weighted by atomic mass is 10.0. The Kier molecular flexibility index (Phi) is 5.63. The summed E-state index contributed by atoms with van der Waals surface area (Å²) in [6, 6.07) is 8.96. The molecule has 2 rings (SSSR count). The third kappa shape index (κ3) is 3.26. The van der Waals surface area contributed by atoms with Gasteiger partial charge in [0, 0.05) is 9.61 Å². The average Bonchev–Trinajstić information content (AvgIpc) is 2.79. The van der Waals surface area contributed by atoms with E-state index < -0.39 is 0 Å². The van der Waals surface area contributed by atoms with Crippen LogP contribution in [-0.2, 0) is 0 Å². The Hall–Kier alpha value is -0.400. The average molecular weight is 448 g/mol. The summed E-state index contributed by atoms with van der Waals surface area (Å²) in [5, 5.41) is 8.08. The van der Waals surface area contributed by atoms with E-state index in [0.717, 1.165) is 11.0 Å². The van der Waals surface area contributed by atoms with Crippen LogP contribution in [0, 0.1) is 3.57 Å². The minimum absolute atomic E-state index is 0.146. The summed E-state index contributed by atoms with van der Waals surface area (Å²) < 4.78 is 4.40. The van der Waals surface area contributed by atoms with Crippen molar-refractivity contribution in [1.29, 1.82) is 0 Å². The van der Waals surface area contributed by atoms with E-state index in [9.17, 15) is 0 Å². The monoisotopic (exact) mass is 447 g/mol. The molecule has 0 spiro atoms. The Balaban J connectivity index is 2.55. The first-order chi connectivity index (χ1) is 9.56. The van der Waals surface area contributed by atoms with E-state index in [4.69, 9.17) is 0 Å². The van der Waals surface area contributed by atoms with Crippen LogP contribution in [0.4, 0.5) is 0 Å². The molecule has 0 saturated heterocycles. The van der Waals surface area contributed by atoms with Crippen molar-refractivity contribution in [3.63, 3.8) is 0 Å². The van der Waals surface area contributed by atoms with E-state index in [1.807, 2.05) is 6.20 Å². The topological polar surface area (TPSA) is 29.9 Å². The fourth-order valence-corrected chi connectivity index (χ4v) is 3.50. The van der Waals surface area contributed by atoms with Crippen LogP contribution in [0.15, 0.2) is 34.9 Å². The number of hydrogen-bond acceptors (Lipinski definition) is 2. The third-order valence-electron chi connectivity index (χ3n) is 3.17. The highest BCUT2D eigenvalue weighted by Gasteiger charge is 2.23. The van der Waals surface area contributed by atoms with Crippen LogP contribution >= 0.6 is 38.5 Å². The quantitative estimate of drug-likeness (QED) is 0.682. The van der Waals surface area contributed by atoms with Crippen LogP contribution in [0.5, 0.6) is 0 Å². The van der Waals surface area contributed by atoms with Gasteiger partial charge >= 0.3 is 0 Å². The maximum atomic E-state index is 4.50. The van der Waals surface area contributed by atoms with Gasteiger partial charge in [-0.3, -0.25) is 4.68 Å². The summed E-state index contributed by atoms with van der Waals surface area (Å²) in [4.78, 5) is 0. The van der Waals surface area contributed by atoms with E-state index in [0.29, 0.717) is 6.04 Å². The Bertz CT molecular complexity index is 580. The number of nitrogens with one attached hydrogen (secondary N) is 1. The van der Waals surface area contributed by atoms with Gasteiger partial charge in [0.05, 0.1) is 22.4 Å². The summed E-state index contributed by atoms with van der Waals surface area (Å²) in [5.41, 5.74) is 2.48. The molecule has 1 aromatic carbocycles. The molecule has 1 heterocycles. The number of aromatic nitrogens is 2. The Morgan fingerprint density at radius 3 is 2.65 bits per heavy atom. The molecule has 1 aromatic heterocycles. The lowest BCUT2D eigenvalue weighted by Crippen LogP contribution is -2.26. The van der Waals surface area contributed by atoms with Crippen molar-refractivity contribution in [3.8, 4) is 0 Å². The Labute approximate surface area is 142 Å². The lowest BCUT2D eigenvalue weighted by molar-refractivity contribution is 0.474. The van der Waals surface area contributed by atoms with Crippen LogP contribution in [0.25, 0.3) is 0 Å². The number of halogens is 2. The van der Waals surface area contributed by atoms with Crippen molar-refractivity contribution < 1.29 is 0 Å². The molecule has 0 saturated carbocycles. The first-order valence-corrected chi connectivity index (χ1v) is 8.64. The van der Waals surface area contributed by atoms with Gasteiger partial charge in [0.2, 0.25) is 0 Å². The molecule has 1 unspecified atom stereocenters. The number of nitrogens with zero attached hydrogens (tertiary/aromatic N) is 2. The van der Waals surface area contributed by atoms with Gasteiger partial charge in [0.25, 0.3) is 0 Å². The second-order valence-electron chi connectivity index (χ2n) is 4.93. The van der Waals surface area contributed by atoms with Gasteiger partial charge in [-0.1, -0.05) is 25.1 Å². The second kappa shape index (κ2) is 7.04. The van der Waals surface area contributed by atoms with Crippen LogP contribution in [0.2, 0.25) is 0 Å². The minimum atomic E-state index is 0.146. The molecule has 0 aliphatic carbocycles. The zero-order valence-corrected chi connectivity index (χ0v) is 15.6. The lowest BCUT2D eigenvalue weighted by Gasteiger charge is -2.23. The zero-order valence-electron chi connectivity index (χ0n) is 11.9. The SMILES string of the molecule is CCNC(c1ccccc1I)c1c(Br)cnn1C(C)C. The summed E-state index contributed by atoms with van der Waals surface area (Å²) in [7, 11) is 0. The van der Waals surface area contributed by atoms with Crippen LogP contribution in [-0.4, -0.2) is 16.3 Å². The van der Waals surface area contributed by atoms with E-state index >= 15 is 0 Å². The largest absolute Gasteiger partial charge is 0.305 e. The maximum absolute atomic E-state index is 4.50. The third-order valence-corrected chi connectivity index (χ3v) is 4.77. The van der Waals surface area contributed by atoms with Gasteiger partial charge in [-0.15, -0.1) is 0 Å². The summed E-state index contributed by atoms with van der Waals surface area (Å²) in [5.74, 6) is 0. The van der Waals surface area contributed by atoms with Crippen molar-refractivity contribution in [2.24, 2.45) is 0 Å². The summed E-state index contributed by atoms with van der Waals surface area (Å²) in [6.07, 6.45) is 1.88. The highest BCUT2D eigenvalue weighted by Crippen LogP contribution is 2.32. The maximum Gasteiger partial charge on any atom is 0.0770 e. The molecule has 108 valence electrons. The first kappa shape index (κ1) is 16.0. The second-order valence-corrected chi connectivity index (χ2v) is 6.94. The fourth-order valence-electron chi connectivity index (χ4n) is 2.30. The van der Waals surface area contributed by atoms with Crippen LogP contribution in [0.3, 0.4) is 0 Å². The van der Waals surface area contributed by atoms with E-state index in [2.05, 4.69) is 98.7 Å². The van der Waals surface area contributed by atoms with Gasteiger partial charge in [-0.25, -0.2) is 0 Å². The highest BCUT2D eigenvalue weighted by atomic mass is 127. The zero-order chi connectivity index (χ0) is 14.7. The van der Waals surface area contributed by atoms with E-state index in [1.54, 1.807) is 0 Å². The smallest absolute Gasteiger partial charge is 0.0770 e. The highest BCUT2D eigenvalue weighted by molar-refractivity contribution is 14.1. The van der Waals surface area contributed by atoms with Crippen LogP contribution in [0.1, 0.15) is 44.1 Å². The molecule has 20 heavy (non-hydrogen) atoms. The molecular weight excluding hydrogens is 429 g/mol. The molecule has 1 atom stereocenters. The van der Waals surface area contributed by atoms with Crippen LogP contribution < -0.4 is 5.32 Å². The number of hydrogen-bond donors (Lipinski definition) is 1. The number of rotatable bonds is 5. The van der Waals surface area contributed by atoms with Crippen molar-refractivity contribution in [1.82, 2.24) is 15.1 Å². The molecule has 0 aliphatic rings. The van der Waals surface area contributed by atoms with Gasteiger partial charge in [-0.2, -0.15) is 5.10 Å². The summed E-state index contributed by atoms with van der Waals surface area (Å²) >= 11 is 6.05. The standard InChI is InChI=1S/C15H19BrIN3/c1-4-18-14(11-7-5-6-8-13(11)17)15-12(16)9-19-20(15)10(2)3/h5-10,14,18H,4H2,1-3H3. The normalized spacial score (nSPS) is 12.9. The van der Waals surface area contributed by atoms with E-state index in [-0.39, 0.29) is 6.04 Å². The molecule has 1 N–H and O–H groups in total. The Morgan fingerprint density at radius 2 is 2.05 bits per heavy atom. The molecular formula is C15H19BrIN3. The minimum Gasteiger partial charge on any atom is -0.305 e. The predicted octanol–water partition coefficient (Wildman–Crippen LogP) is 4.53. The van der Waals surface area contributed by atoms with Crippen molar-refractivity contribution in [2.45, 2.75) is 32.9 Å². The Morgan fingerprint density at radius 1 is 1.35 bits per heavy atom. The van der Waals surface area contributed by atoms with Gasteiger partial charge in [0.1, 0.15) is 0 Å². The van der Waals surface area contributed by atoms with E-state index in [1.165, 1.54) is 14.8 Å². The molecule has 0 aliphatic heterocycles. The first-order valence-electron chi connectivity index (χ1n) is 6.77. The predicted molar refractivity (Wildman–Crippen MR) is 95.0 cm³/mol. The molecule has 0 fully saturated rings. The fraction of sp³-hybridized carbons (Fsp3) is 0.400. The molecule has 2 aromatic rings. The van der Waals surface area contributed by atoms with Crippen molar-refractivity contribution >= 4 is 38.5 Å².